The number of aromatic nitrogens is 1. The van der Waals surface area contributed by atoms with E-state index in [0.29, 0.717) is 24.3 Å². The average Bonchev–Trinajstić information content (AvgIpc) is 2.74. The highest BCUT2D eigenvalue weighted by molar-refractivity contribution is 5.99. The van der Waals surface area contributed by atoms with Crippen molar-refractivity contribution in [3.8, 4) is 0 Å². The standard InChI is InChI=1S/C20H25FN6O2/c21-16-12-15(17(23)28)18(26-19(16)24-8-7-22)25-14-6-4-5-13(11-14)20(29)27-9-2-1-3-10-27/h4-6,11-12H,1-3,7-10,22H2,(H2,23,28)(H2,24,25,26). The van der Waals surface area contributed by atoms with E-state index in [1.807, 2.05) is 4.90 Å². The molecule has 0 aliphatic carbocycles. The Morgan fingerprint density at radius 2 is 1.90 bits per heavy atom. The van der Waals surface area contributed by atoms with Gasteiger partial charge in [-0.1, -0.05) is 6.07 Å². The fraction of sp³-hybridized carbons (Fsp3) is 0.350. The summed E-state index contributed by atoms with van der Waals surface area (Å²) in [6.45, 7) is 2.11. The van der Waals surface area contributed by atoms with Crippen LogP contribution in [0, 0.1) is 5.82 Å². The Hall–Kier alpha value is -3.20. The van der Waals surface area contributed by atoms with Crippen molar-refractivity contribution in [1.82, 2.24) is 9.88 Å². The number of anilines is 3. The summed E-state index contributed by atoms with van der Waals surface area (Å²) in [6.07, 6.45) is 3.14. The summed E-state index contributed by atoms with van der Waals surface area (Å²) in [7, 11) is 0. The van der Waals surface area contributed by atoms with E-state index in [1.54, 1.807) is 24.3 Å². The van der Waals surface area contributed by atoms with E-state index in [2.05, 4.69) is 15.6 Å². The third-order valence-electron chi connectivity index (χ3n) is 4.69. The highest BCUT2D eigenvalue weighted by atomic mass is 19.1. The van der Waals surface area contributed by atoms with Crippen molar-refractivity contribution >= 4 is 29.1 Å². The van der Waals surface area contributed by atoms with Gasteiger partial charge < -0.3 is 27.0 Å². The number of likely N-dealkylation sites (tertiary alicyclic amines) is 1. The second-order valence-corrected chi connectivity index (χ2v) is 6.85. The summed E-state index contributed by atoms with van der Waals surface area (Å²) in [5, 5.41) is 5.74. The maximum atomic E-state index is 14.2. The van der Waals surface area contributed by atoms with Gasteiger partial charge in [0.1, 0.15) is 5.82 Å². The van der Waals surface area contributed by atoms with Crippen LogP contribution in [-0.4, -0.2) is 47.9 Å². The first-order chi connectivity index (χ1) is 14.0. The molecule has 154 valence electrons. The molecule has 0 spiro atoms. The van der Waals surface area contributed by atoms with Crippen LogP contribution in [0.4, 0.5) is 21.7 Å². The summed E-state index contributed by atoms with van der Waals surface area (Å²) in [6, 6.07) is 7.92. The zero-order valence-electron chi connectivity index (χ0n) is 16.1. The van der Waals surface area contributed by atoms with Gasteiger partial charge >= 0.3 is 0 Å². The topological polar surface area (TPSA) is 126 Å². The maximum absolute atomic E-state index is 14.2. The smallest absolute Gasteiger partial charge is 0.253 e. The van der Waals surface area contributed by atoms with Crippen molar-refractivity contribution in [2.24, 2.45) is 11.5 Å². The number of nitrogens with two attached hydrogens (primary N) is 2. The molecule has 2 amide bonds. The minimum atomic E-state index is -0.815. The monoisotopic (exact) mass is 400 g/mol. The molecule has 1 saturated heterocycles. The molecule has 2 heterocycles. The number of piperidine rings is 1. The first-order valence-corrected chi connectivity index (χ1v) is 9.60. The first kappa shape index (κ1) is 20.5. The van der Waals surface area contributed by atoms with E-state index >= 15 is 0 Å². The third kappa shape index (κ3) is 5.00. The van der Waals surface area contributed by atoms with Crippen molar-refractivity contribution in [2.75, 3.05) is 36.8 Å². The zero-order valence-corrected chi connectivity index (χ0v) is 16.1. The van der Waals surface area contributed by atoms with Gasteiger partial charge in [-0.05, 0) is 43.5 Å². The molecule has 1 fully saturated rings. The summed E-state index contributed by atoms with van der Waals surface area (Å²) >= 11 is 0. The second kappa shape index (κ2) is 9.33. The molecule has 1 aliphatic heterocycles. The van der Waals surface area contributed by atoms with Crippen molar-refractivity contribution in [3.05, 3.63) is 47.3 Å². The first-order valence-electron chi connectivity index (χ1n) is 9.60. The number of halogens is 1. The van der Waals surface area contributed by atoms with Crippen LogP contribution < -0.4 is 22.1 Å². The summed E-state index contributed by atoms with van der Waals surface area (Å²) in [5.41, 5.74) is 11.8. The normalized spacial score (nSPS) is 13.8. The van der Waals surface area contributed by atoms with E-state index < -0.39 is 11.7 Å². The van der Waals surface area contributed by atoms with Crippen molar-refractivity contribution in [1.29, 1.82) is 0 Å². The van der Waals surface area contributed by atoms with Gasteiger partial charge in [-0.2, -0.15) is 0 Å². The van der Waals surface area contributed by atoms with E-state index in [4.69, 9.17) is 11.5 Å². The van der Waals surface area contributed by atoms with Crippen LogP contribution in [0.3, 0.4) is 0 Å². The molecule has 8 nitrogen and oxygen atoms in total. The van der Waals surface area contributed by atoms with Crippen LogP contribution in [0.5, 0.6) is 0 Å². The number of hydrogen-bond acceptors (Lipinski definition) is 6. The average molecular weight is 400 g/mol. The molecular formula is C20H25FN6O2. The minimum Gasteiger partial charge on any atom is -0.366 e. The number of carbonyl (C=O) groups is 2. The molecule has 9 heteroatoms. The van der Waals surface area contributed by atoms with Crippen LogP contribution in [0.25, 0.3) is 0 Å². The van der Waals surface area contributed by atoms with Crippen LogP contribution >= 0.6 is 0 Å². The number of hydrogen-bond donors (Lipinski definition) is 4. The van der Waals surface area contributed by atoms with E-state index in [1.165, 1.54) is 0 Å². The molecule has 1 aromatic heterocycles. The molecule has 29 heavy (non-hydrogen) atoms. The lowest BCUT2D eigenvalue weighted by Gasteiger charge is -2.26. The molecule has 1 aliphatic rings. The Bertz CT molecular complexity index is 899. The Balaban J connectivity index is 1.87. The lowest BCUT2D eigenvalue weighted by molar-refractivity contribution is 0.0724. The molecule has 0 saturated carbocycles. The van der Waals surface area contributed by atoms with Gasteiger partial charge in [-0.15, -0.1) is 0 Å². The van der Waals surface area contributed by atoms with Crippen LogP contribution in [-0.2, 0) is 0 Å². The summed E-state index contributed by atoms with van der Waals surface area (Å²) in [4.78, 5) is 30.5. The molecule has 0 bridgehead atoms. The molecule has 2 aromatic rings. The minimum absolute atomic E-state index is 0.0384. The SMILES string of the molecule is NCCNc1nc(Nc2cccc(C(=O)N3CCCCC3)c2)c(C(N)=O)cc1F. The number of benzene rings is 1. The molecule has 3 rings (SSSR count). The fourth-order valence-electron chi connectivity index (χ4n) is 3.23. The predicted octanol–water partition coefficient (Wildman–Crippen LogP) is 2.06. The van der Waals surface area contributed by atoms with E-state index in [0.717, 1.165) is 38.4 Å². The highest BCUT2D eigenvalue weighted by Crippen LogP contribution is 2.25. The van der Waals surface area contributed by atoms with E-state index in [9.17, 15) is 14.0 Å². The van der Waals surface area contributed by atoms with Crippen LogP contribution in [0.15, 0.2) is 30.3 Å². The van der Waals surface area contributed by atoms with Crippen molar-refractivity contribution in [2.45, 2.75) is 19.3 Å². The van der Waals surface area contributed by atoms with Gasteiger partial charge in [0.15, 0.2) is 11.6 Å². The number of nitrogens with zero attached hydrogens (tertiary/aromatic N) is 2. The van der Waals surface area contributed by atoms with Crippen LogP contribution in [0.2, 0.25) is 0 Å². The molecule has 0 atom stereocenters. The largest absolute Gasteiger partial charge is 0.366 e. The lowest BCUT2D eigenvalue weighted by atomic mass is 10.1. The zero-order chi connectivity index (χ0) is 20.8. The number of primary amides is 1. The molecule has 1 aromatic carbocycles. The summed E-state index contributed by atoms with van der Waals surface area (Å²) < 4.78 is 14.2. The third-order valence-corrected chi connectivity index (χ3v) is 4.69. The predicted molar refractivity (Wildman–Crippen MR) is 110 cm³/mol. The molecule has 0 unspecified atom stereocenters. The number of pyridine rings is 1. The number of carbonyl (C=O) groups excluding carboxylic acids is 2. The van der Waals surface area contributed by atoms with Gasteiger partial charge in [-0.3, -0.25) is 9.59 Å². The summed E-state index contributed by atoms with van der Waals surface area (Å²) in [5.74, 6) is -1.50. The van der Waals surface area contributed by atoms with Crippen LogP contribution in [0.1, 0.15) is 40.0 Å². The van der Waals surface area contributed by atoms with Gasteiger partial charge in [0, 0.05) is 37.4 Å². The highest BCUT2D eigenvalue weighted by Gasteiger charge is 2.19. The maximum Gasteiger partial charge on any atom is 0.253 e. The van der Waals surface area contributed by atoms with Gasteiger partial charge in [0.05, 0.1) is 5.56 Å². The quantitative estimate of drug-likeness (QED) is 0.564. The molecule has 6 N–H and O–H groups in total. The van der Waals surface area contributed by atoms with Gasteiger partial charge in [0.2, 0.25) is 0 Å². The van der Waals surface area contributed by atoms with Gasteiger partial charge in [-0.25, -0.2) is 9.37 Å². The van der Waals surface area contributed by atoms with E-state index in [-0.39, 0.29) is 23.1 Å². The Labute approximate surface area is 168 Å². The molecule has 0 radical (unpaired) electrons. The number of amides is 2. The Morgan fingerprint density at radius 3 is 2.59 bits per heavy atom. The van der Waals surface area contributed by atoms with Crippen molar-refractivity contribution < 1.29 is 14.0 Å². The number of nitrogens with one attached hydrogen (secondary N) is 2. The van der Waals surface area contributed by atoms with Gasteiger partial charge in [0.25, 0.3) is 11.8 Å². The number of rotatable bonds is 7. The molecular weight excluding hydrogens is 375 g/mol. The second-order valence-electron chi connectivity index (χ2n) is 6.85. The lowest BCUT2D eigenvalue weighted by Crippen LogP contribution is -2.35. The Kier molecular flexibility index (Phi) is 6.61. The fourth-order valence-corrected chi connectivity index (χ4v) is 3.23. The van der Waals surface area contributed by atoms with Crippen molar-refractivity contribution in [3.63, 3.8) is 0 Å². The Morgan fingerprint density at radius 1 is 1.14 bits per heavy atom.